The molecular weight excluding hydrogens is 389 g/mol. The van der Waals surface area contributed by atoms with Gasteiger partial charge in [0.1, 0.15) is 11.6 Å². The number of furan rings is 1. The standard InChI is InChI=1S/C23H18FNO3S/c24-18-10-8-17(9-11-18)20-21(29-15-19-7-4-14-28-19)23(27)25(22(20)26)13-12-16-5-2-1-3-6-16/h1-11,14H,12-13,15H2. The number of carbonyl (C=O) groups excluding carboxylic acids is 2. The molecule has 29 heavy (non-hydrogen) atoms. The van der Waals surface area contributed by atoms with Crippen molar-refractivity contribution in [2.75, 3.05) is 6.54 Å². The number of amides is 2. The molecule has 0 N–H and O–H groups in total. The lowest BCUT2D eigenvalue weighted by Crippen LogP contribution is -2.33. The van der Waals surface area contributed by atoms with Crippen molar-refractivity contribution >= 4 is 29.1 Å². The van der Waals surface area contributed by atoms with Crippen molar-refractivity contribution < 1.29 is 18.4 Å². The van der Waals surface area contributed by atoms with Crippen molar-refractivity contribution in [1.29, 1.82) is 0 Å². The quantitative estimate of drug-likeness (QED) is 0.534. The summed E-state index contributed by atoms with van der Waals surface area (Å²) >= 11 is 1.27. The first kappa shape index (κ1) is 19.2. The molecule has 2 aromatic carbocycles. The van der Waals surface area contributed by atoms with Crippen molar-refractivity contribution in [3.8, 4) is 0 Å². The molecule has 4 nitrogen and oxygen atoms in total. The first-order valence-electron chi connectivity index (χ1n) is 9.19. The van der Waals surface area contributed by atoms with Crippen LogP contribution < -0.4 is 0 Å². The van der Waals surface area contributed by atoms with Crippen LogP contribution in [0.1, 0.15) is 16.9 Å². The van der Waals surface area contributed by atoms with E-state index in [-0.39, 0.29) is 18.4 Å². The van der Waals surface area contributed by atoms with Crippen molar-refractivity contribution in [2.45, 2.75) is 12.2 Å². The highest BCUT2D eigenvalue weighted by Gasteiger charge is 2.38. The van der Waals surface area contributed by atoms with Crippen molar-refractivity contribution in [1.82, 2.24) is 4.90 Å². The third kappa shape index (κ3) is 4.17. The van der Waals surface area contributed by atoms with E-state index in [9.17, 15) is 14.0 Å². The molecule has 2 heterocycles. The fourth-order valence-corrected chi connectivity index (χ4v) is 4.22. The first-order chi connectivity index (χ1) is 14.1. The zero-order valence-corrected chi connectivity index (χ0v) is 16.3. The average molecular weight is 407 g/mol. The predicted octanol–water partition coefficient (Wildman–Crippen LogP) is 4.67. The molecule has 2 amide bonds. The van der Waals surface area contributed by atoms with E-state index >= 15 is 0 Å². The molecule has 0 saturated carbocycles. The van der Waals surface area contributed by atoms with Crippen LogP contribution in [-0.2, 0) is 21.8 Å². The van der Waals surface area contributed by atoms with Gasteiger partial charge in [-0.1, -0.05) is 42.5 Å². The third-order valence-corrected chi connectivity index (χ3v) is 5.76. The Kier molecular flexibility index (Phi) is 5.62. The molecule has 0 unspecified atom stereocenters. The lowest BCUT2D eigenvalue weighted by atomic mass is 10.1. The van der Waals surface area contributed by atoms with E-state index < -0.39 is 5.82 Å². The molecule has 0 saturated heterocycles. The molecule has 0 radical (unpaired) electrons. The highest BCUT2D eigenvalue weighted by Crippen LogP contribution is 2.37. The van der Waals surface area contributed by atoms with Gasteiger partial charge in [-0.2, -0.15) is 0 Å². The fourth-order valence-electron chi connectivity index (χ4n) is 3.19. The first-order valence-corrected chi connectivity index (χ1v) is 10.2. The van der Waals surface area contributed by atoms with Crippen LogP contribution >= 0.6 is 11.8 Å². The molecule has 4 rings (SSSR count). The lowest BCUT2D eigenvalue weighted by molar-refractivity contribution is -0.136. The molecule has 6 heteroatoms. The van der Waals surface area contributed by atoms with Gasteiger partial charge in [-0.05, 0) is 41.8 Å². The minimum atomic E-state index is -0.392. The van der Waals surface area contributed by atoms with E-state index in [1.54, 1.807) is 12.3 Å². The van der Waals surface area contributed by atoms with Gasteiger partial charge in [0.15, 0.2) is 0 Å². The summed E-state index contributed by atoms with van der Waals surface area (Å²) < 4.78 is 18.7. The number of hydrogen-bond donors (Lipinski definition) is 0. The van der Waals surface area contributed by atoms with Gasteiger partial charge in [0.25, 0.3) is 11.8 Å². The SMILES string of the molecule is O=C1C(SCc2ccco2)=C(c2ccc(F)cc2)C(=O)N1CCc1ccccc1. The van der Waals surface area contributed by atoms with Gasteiger partial charge in [-0.3, -0.25) is 14.5 Å². The van der Waals surface area contributed by atoms with Crippen LogP contribution in [-0.4, -0.2) is 23.3 Å². The smallest absolute Gasteiger partial charge is 0.268 e. The maximum atomic E-state index is 13.4. The van der Waals surface area contributed by atoms with Crippen LogP contribution in [0, 0.1) is 5.82 Å². The molecule has 1 aromatic heterocycles. The number of halogens is 1. The Bertz CT molecular complexity index is 1040. The van der Waals surface area contributed by atoms with Gasteiger partial charge in [0, 0.05) is 6.54 Å². The van der Waals surface area contributed by atoms with Crippen LogP contribution in [0.5, 0.6) is 0 Å². The summed E-state index contributed by atoms with van der Waals surface area (Å²) in [4.78, 5) is 27.8. The molecular formula is C23H18FNO3S. The number of nitrogens with zero attached hydrogens (tertiary/aromatic N) is 1. The topological polar surface area (TPSA) is 50.5 Å². The van der Waals surface area contributed by atoms with Crippen molar-refractivity contribution in [2.24, 2.45) is 0 Å². The maximum Gasteiger partial charge on any atom is 0.268 e. The Balaban J connectivity index is 1.60. The van der Waals surface area contributed by atoms with E-state index in [1.165, 1.54) is 40.9 Å². The van der Waals surface area contributed by atoms with Gasteiger partial charge in [-0.25, -0.2) is 4.39 Å². The molecule has 1 aliphatic heterocycles. The van der Waals surface area contributed by atoms with Crippen LogP contribution in [0.4, 0.5) is 4.39 Å². The summed E-state index contributed by atoms with van der Waals surface area (Å²) in [5.74, 6) is 0.0838. The number of carbonyl (C=O) groups is 2. The second kappa shape index (κ2) is 8.49. The van der Waals surface area contributed by atoms with E-state index in [2.05, 4.69) is 0 Å². The second-order valence-electron chi connectivity index (χ2n) is 6.58. The maximum absolute atomic E-state index is 13.4. The highest BCUT2D eigenvalue weighted by atomic mass is 32.2. The number of hydrogen-bond acceptors (Lipinski definition) is 4. The minimum absolute atomic E-state index is 0.289. The van der Waals surface area contributed by atoms with Crippen molar-refractivity contribution in [3.05, 3.63) is 101 Å². The van der Waals surface area contributed by atoms with E-state index in [1.807, 2.05) is 36.4 Å². The van der Waals surface area contributed by atoms with Gasteiger partial charge in [-0.15, -0.1) is 11.8 Å². The fraction of sp³-hybridized carbons (Fsp3) is 0.130. The van der Waals surface area contributed by atoms with Gasteiger partial charge in [0.2, 0.25) is 0 Å². The molecule has 3 aromatic rings. The highest BCUT2D eigenvalue weighted by molar-refractivity contribution is 8.03. The second-order valence-corrected chi connectivity index (χ2v) is 7.56. The van der Waals surface area contributed by atoms with E-state index in [4.69, 9.17) is 4.42 Å². The molecule has 146 valence electrons. The van der Waals surface area contributed by atoms with Gasteiger partial charge < -0.3 is 4.42 Å². The molecule has 0 atom stereocenters. The number of benzene rings is 2. The zero-order valence-electron chi connectivity index (χ0n) is 15.5. The Morgan fingerprint density at radius 2 is 1.66 bits per heavy atom. The minimum Gasteiger partial charge on any atom is -0.468 e. The Labute approximate surface area is 172 Å². The van der Waals surface area contributed by atoms with Crippen LogP contribution in [0.2, 0.25) is 0 Å². The zero-order chi connectivity index (χ0) is 20.2. The summed E-state index contributed by atoms with van der Waals surface area (Å²) in [7, 11) is 0. The monoisotopic (exact) mass is 407 g/mol. The van der Waals surface area contributed by atoms with Crippen molar-refractivity contribution in [3.63, 3.8) is 0 Å². The third-order valence-electron chi connectivity index (χ3n) is 4.66. The molecule has 0 bridgehead atoms. The largest absolute Gasteiger partial charge is 0.468 e. The summed E-state index contributed by atoms with van der Waals surface area (Å²) in [6, 6.07) is 19.0. The van der Waals surface area contributed by atoms with E-state index in [0.717, 1.165) is 5.56 Å². The molecule has 0 spiro atoms. The van der Waals surface area contributed by atoms with Gasteiger partial charge >= 0.3 is 0 Å². The number of thioether (sulfide) groups is 1. The molecule has 1 aliphatic rings. The van der Waals surface area contributed by atoms with Crippen LogP contribution in [0.25, 0.3) is 5.57 Å². The average Bonchev–Trinajstić information content (AvgIpc) is 3.33. The number of rotatable bonds is 7. The van der Waals surface area contributed by atoms with E-state index in [0.29, 0.717) is 34.0 Å². The molecule has 0 fully saturated rings. The summed E-state index contributed by atoms with van der Waals surface area (Å²) in [6.45, 7) is 0.289. The number of imide groups is 1. The Hall–Kier alpha value is -3.12. The predicted molar refractivity (Wildman–Crippen MR) is 110 cm³/mol. The Morgan fingerprint density at radius 1 is 0.897 bits per heavy atom. The van der Waals surface area contributed by atoms with Crippen LogP contribution in [0.15, 0.2) is 82.3 Å². The normalized spacial score (nSPS) is 14.2. The Morgan fingerprint density at radius 3 is 2.34 bits per heavy atom. The summed E-state index contributed by atoms with van der Waals surface area (Å²) in [5, 5.41) is 0. The lowest BCUT2D eigenvalue weighted by Gasteiger charge is -2.15. The summed E-state index contributed by atoms with van der Waals surface area (Å²) in [5.41, 5.74) is 1.90. The van der Waals surface area contributed by atoms with Gasteiger partial charge in [0.05, 0.1) is 22.5 Å². The molecule has 0 aliphatic carbocycles. The van der Waals surface area contributed by atoms with Crippen LogP contribution in [0.3, 0.4) is 0 Å². The summed E-state index contributed by atoms with van der Waals surface area (Å²) in [6.07, 6.45) is 2.14.